The first-order chi connectivity index (χ1) is 13.7. The molecule has 0 saturated heterocycles. The molecule has 1 aromatic rings. The lowest BCUT2D eigenvalue weighted by Crippen LogP contribution is -2.51. The van der Waals surface area contributed by atoms with E-state index in [1.807, 2.05) is 0 Å². The molecule has 3 rings (SSSR count). The number of carbonyl (C=O) groups excluding carboxylic acids is 1. The minimum absolute atomic E-state index is 0.0396. The Morgan fingerprint density at radius 1 is 1.38 bits per heavy atom. The number of hydrazone groups is 1. The van der Waals surface area contributed by atoms with Crippen LogP contribution in [0.1, 0.15) is 5.56 Å². The standard InChI is InChI=1S/C17H17ClF3N3O5/c1-27-7-24-15(17(19,20)21)9(6-22-24)14-11(16(26)28-2)13(23-29-14)8-4-3-5-10(25)12(8)18/h3-6,9,11,14-15,25H,7H2,1-2H3. The van der Waals surface area contributed by atoms with Crippen molar-refractivity contribution in [2.75, 3.05) is 21.0 Å². The number of phenolic OH excluding ortho intramolecular Hbond substituents is 1. The highest BCUT2D eigenvalue weighted by atomic mass is 35.5. The number of phenols is 1. The first-order valence-corrected chi connectivity index (χ1v) is 8.74. The van der Waals surface area contributed by atoms with E-state index in [4.69, 9.17) is 25.9 Å². The number of methoxy groups -OCH3 is 2. The molecule has 0 aliphatic carbocycles. The maximum absolute atomic E-state index is 13.7. The smallest absolute Gasteiger partial charge is 0.411 e. The number of alkyl halides is 3. The van der Waals surface area contributed by atoms with Crippen molar-refractivity contribution in [3.05, 3.63) is 28.8 Å². The van der Waals surface area contributed by atoms with Crippen LogP contribution < -0.4 is 0 Å². The predicted octanol–water partition coefficient (Wildman–Crippen LogP) is 2.39. The average Bonchev–Trinajstić information content (AvgIpc) is 3.27. The SMILES string of the molecule is COCN1N=CC(C2ON=C(c3cccc(O)c3Cl)C2C(=O)OC)C1C(F)(F)F. The summed E-state index contributed by atoms with van der Waals surface area (Å²) >= 11 is 6.09. The molecule has 1 aromatic carbocycles. The monoisotopic (exact) mass is 435 g/mol. The Balaban J connectivity index is 1.99. The molecule has 0 radical (unpaired) electrons. The molecule has 4 unspecified atom stereocenters. The van der Waals surface area contributed by atoms with Crippen LogP contribution in [-0.2, 0) is 19.1 Å². The molecule has 1 N–H and O–H groups in total. The Bertz CT molecular complexity index is 848. The van der Waals surface area contributed by atoms with Crippen molar-refractivity contribution in [1.29, 1.82) is 0 Å². The third-order valence-electron chi connectivity index (χ3n) is 4.65. The molecule has 2 aliphatic heterocycles. The highest BCUT2D eigenvalue weighted by Gasteiger charge is 2.58. The number of benzene rings is 1. The zero-order valence-corrected chi connectivity index (χ0v) is 16.0. The fraction of sp³-hybridized carbons (Fsp3) is 0.471. The molecular formula is C17H17ClF3N3O5. The number of carbonyl (C=O) groups is 1. The van der Waals surface area contributed by atoms with Crippen LogP contribution in [0.5, 0.6) is 5.75 Å². The summed E-state index contributed by atoms with van der Waals surface area (Å²) in [6, 6.07) is 2.15. The molecule has 0 spiro atoms. The number of esters is 1. The van der Waals surface area contributed by atoms with Gasteiger partial charge in [0.15, 0.2) is 12.1 Å². The van der Waals surface area contributed by atoms with Crippen molar-refractivity contribution in [2.45, 2.75) is 18.3 Å². The number of ether oxygens (including phenoxy) is 2. The van der Waals surface area contributed by atoms with E-state index in [9.17, 15) is 23.1 Å². The van der Waals surface area contributed by atoms with E-state index in [0.29, 0.717) is 0 Å². The van der Waals surface area contributed by atoms with Gasteiger partial charge in [0.25, 0.3) is 0 Å². The quantitative estimate of drug-likeness (QED) is 0.714. The zero-order valence-electron chi connectivity index (χ0n) is 15.3. The van der Waals surface area contributed by atoms with E-state index < -0.39 is 42.9 Å². The molecule has 158 valence electrons. The van der Waals surface area contributed by atoms with Crippen molar-refractivity contribution in [1.82, 2.24) is 5.01 Å². The summed E-state index contributed by atoms with van der Waals surface area (Å²) < 4.78 is 50.8. The van der Waals surface area contributed by atoms with Gasteiger partial charge in [-0.2, -0.15) is 18.3 Å². The number of halogens is 4. The van der Waals surface area contributed by atoms with E-state index in [2.05, 4.69) is 10.3 Å². The topological polar surface area (TPSA) is 93.0 Å². The maximum atomic E-state index is 13.7. The Morgan fingerprint density at radius 2 is 2.10 bits per heavy atom. The molecule has 4 atom stereocenters. The molecular weight excluding hydrogens is 419 g/mol. The van der Waals surface area contributed by atoms with Gasteiger partial charge in [-0.1, -0.05) is 28.9 Å². The lowest BCUT2D eigenvalue weighted by atomic mass is 9.82. The maximum Gasteiger partial charge on any atom is 0.411 e. The summed E-state index contributed by atoms with van der Waals surface area (Å²) in [6.07, 6.45) is -4.98. The molecule has 0 amide bonds. The number of hydrogen-bond acceptors (Lipinski definition) is 8. The van der Waals surface area contributed by atoms with Crippen LogP contribution in [0.3, 0.4) is 0 Å². The Kier molecular flexibility index (Phi) is 5.90. The van der Waals surface area contributed by atoms with Gasteiger partial charge in [0, 0.05) is 18.9 Å². The van der Waals surface area contributed by atoms with Gasteiger partial charge >= 0.3 is 12.1 Å². The van der Waals surface area contributed by atoms with Crippen molar-refractivity contribution < 1.29 is 37.4 Å². The number of aromatic hydroxyl groups is 1. The first kappa shape index (κ1) is 21.2. The van der Waals surface area contributed by atoms with Gasteiger partial charge in [-0.15, -0.1) is 0 Å². The second-order valence-corrected chi connectivity index (χ2v) is 6.75. The lowest BCUT2D eigenvalue weighted by Gasteiger charge is -2.31. The second-order valence-electron chi connectivity index (χ2n) is 6.37. The van der Waals surface area contributed by atoms with Crippen LogP contribution in [0.25, 0.3) is 0 Å². The fourth-order valence-electron chi connectivity index (χ4n) is 3.40. The molecule has 0 saturated carbocycles. The van der Waals surface area contributed by atoms with E-state index in [0.717, 1.165) is 18.3 Å². The molecule has 0 fully saturated rings. The van der Waals surface area contributed by atoms with Crippen LogP contribution in [-0.4, -0.2) is 67.3 Å². The molecule has 0 bridgehead atoms. The average molecular weight is 436 g/mol. The highest BCUT2D eigenvalue weighted by Crippen LogP contribution is 2.41. The van der Waals surface area contributed by atoms with E-state index in [1.165, 1.54) is 25.3 Å². The Labute approximate surface area is 168 Å². The summed E-state index contributed by atoms with van der Waals surface area (Å²) in [5.41, 5.74) is 0.110. The summed E-state index contributed by atoms with van der Waals surface area (Å²) in [7, 11) is 2.34. The minimum atomic E-state index is -4.69. The van der Waals surface area contributed by atoms with Gasteiger partial charge in [0.05, 0.1) is 18.1 Å². The number of rotatable bonds is 5. The number of hydrogen-bond donors (Lipinski definition) is 1. The third kappa shape index (κ3) is 3.84. The van der Waals surface area contributed by atoms with Crippen molar-refractivity contribution in [2.24, 2.45) is 22.1 Å². The third-order valence-corrected chi connectivity index (χ3v) is 5.05. The molecule has 2 aliphatic rings. The first-order valence-electron chi connectivity index (χ1n) is 8.36. The molecule has 8 nitrogen and oxygen atoms in total. The van der Waals surface area contributed by atoms with Crippen molar-refractivity contribution >= 4 is 29.5 Å². The van der Waals surface area contributed by atoms with Gasteiger partial charge in [-0.3, -0.25) is 9.80 Å². The van der Waals surface area contributed by atoms with Crippen LogP contribution in [0.2, 0.25) is 5.02 Å². The summed E-state index contributed by atoms with van der Waals surface area (Å²) in [6.45, 7) is -0.404. The summed E-state index contributed by atoms with van der Waals surface area (Å²) in [5.74, 6) is -3.82. The second kappa shape index (κ2) is 8.07. The van der Waals surface area contributed by atoms with Gasteiger partial charge in [0.2, 0.25) is 0 Å². The fourth-order valence-corrected chi connectivity index (χ4v) is 3.63. The van der Waals surface area contributed by atoms with Crippen LogP contribution in [0.15, 0.2) is 28.5 Å². The van der Waals surface area contributed by atoms with E-state index in [1.54, 1.807) is 0 Å². The molecule has 2 heterocycles. The van der Waals surface area contributed by atoms with Gasteiger partial charge in [0.1, 0.15) is 24.1 Å². The lowest BCUT2D eigenvalue weighted by molar-refractivity contribution is -0.206. The zero-order chi connectivity index (χ0) is 21.3. The van der Waals surface area contributed by atoms with Crippen molar-refractivity contribution in [3.8, 4) is 5.75 Å². The van der Waals surface area contributed by atoms with E-state index >= 15 is 0 Å². The van der Waals surface area contributed by atoms with E-state index in [-0.39, 0.29) is 22.0 Å². The molecule has 29 heavy (non-hydrogen) atoms. The van der Waals surface area contributed by atoms with Crippen LogP contribution >= 0.6 is 11.6 Å². The Hall–Kier alpha value is -2.53. The number of oxime groups is 1. The van der Waals surface area contributed by atoms with Crippen LogP contribution in [0, 0.1) is 11.8 Å². The summed E-state index contributed by atoms with van der Waals surface area (Å²) in [4.78, 5) is 17.7. The van der Waals surface area contributed by atoms with Crippen LogP contribution in [0.4, 0.5) is 13.2 Å². The largest absolute Gasteiger partial charge is 0.506 e. The minimum Gasteiger partial charge on any atom is -0.506 e. The van der Waals surface area contributed by atoms with Gasteiger partial charge in [-0.25, -0.2) is 0 Å². The number of nitrogens with zero attached hydrogens (tertiary/aromatic N) is 3. The molecule has 0 aromatic heterocycles. The molecule has 12 heteroatoms. The predicted molar refractivity (Wildman–Crippen MR) is 95.6 cm³/mol. The van der Waals surface area contributed by atoms with Gasteiger partial charge in [-0.05, 0) is 6.07 Å². The summed E-state index contributed by atoms with van der Waals surface area (Å²) in [5, 5.41) is 18.0. The normalized spacial score (nSPS) is 26.4. The van der Waals surface area contributed by atoms with Crippen molar-refractivity contribution in [3.63, 3.8) is 0 Å². The Morgan fingerprint density at radius 3 is 2.72 bits per heavy atom. The highest BCUT2D eigenvalue weighted by molar-refractivity contribution is 6.36. The van der Waals surface area contributed by atoms with Gasteiger partial charge < -0.3 is 19.4 Å².